The number of hydrogen-bond donors (Lipinski definition) is 1. The molecule has 1 N–H and O–H groups in total. The number of halogens is 5. The van der Waals surface area contributed by atoms with E-state index in [1.165, 1.54) is 11.0 Å². The molecular weight excluding hydrogens is 397 g/mol. The van der Waals surface area contributed by atoms with Gasteiger partial charge in [0.1, 0.15) is 17.5 Å². The summed E-state index contributed by atoms with van der Waals surface area (Å²) in [7, 11) is 0. The second-order valence-electron chi connectivity index (χ2n) is 6.94. The van der Waals surface area contributed by atoms with Gasteiger partial charge in [0.2, 0.25) is 0 Å². The van der Waals surface area contributed by atoms with Crippen molar-refractivity contribution < 1.29 is 26.7 Å². The fraction of sp³-hybridized carbons (Fsp3) is 0.444. The molecule has 2 fully saturated rings. The van der Waals surface area contributed by atoms with Gasteiger partial charge in [0.05, 0.1) is 31.9 Å². The number of hydrogen-bond acceptors (Lipinski definition) is 6. The summed E-state index contributed by atoms with van der Waals surface area (Å²) in [4.78, 5) is 11.8. The first-order valence-electron chi connectivity index (χ1n) is 8.97. The van der Waals surface area contributed by atoms with Gasteiger partial charge in [-0.1, -0.05) is 0 Å². The summed E-state index contributed by atoms with van der Waals surface area (Å²) >= 11 is 0. The maximum absolute atomic E-state index is 13.3. The molecule has 0 saturated carbocycles. The molecule has 0 unspecified atom stereocenters. The first kappa shape index (κ1) is 19.6. The lowest BCUT2D eigenvalue weighted by molar-refractivity contribution is -0.137. The standard InChI is InChI=1S/C18H18F5N5O/c19-17(20)10-28(11-17)13-7-15(26-16(8-13)27-3-5-29-6-4-27)25-14-2-1-12(9-24-14)18(21,22)23/h1-2,7-9H,3-6,10-11H2,(H,24,25,26). The quantitative estimate of drug-likeness (QED) is 0.772. The van der Waals surface area contributed by atoms with Crippen LogP contribution < -0.4 is 15.1 Å². The number of rotatable bonds is 4. The van der Waals surface area contributed by atoms with Gasteiger partial charge in [-0.2, -0.15) is 13.2 Å². The van der Waals surface area contributed by atoms with E-state index in [0.717, 1.165) is 12.3 Å². The molecule has 0 aromatic carbocycles. The predicted molar refractivity (Wildman–Crippen MR) is 97.0 cm³/mol. The summed E-state index contributed by atoms with van der Waals surface area (Å²) in [6, 6.07) is 5.42. The topological polar surface area (TPSA) is 53.5 Å². The number of anilines is 4. The van der Waals surface area contributed by atoms with Crippen LogP contribution in [-0.4, -0.2) is 55.3 Å². The molecule has 29 heavy (non-hydrogen) atoms. The van der Waals surface area contributed by atoms with Crippen molar-refractivity contribution in [2.45, 2.75) is 12.1 Å². The highest BCUT2D eigenvalue weighted by Crippen LogP contribution is 2.35. The van der Waals surface area contributed by atoms with Crippen LogP contribution >= 0.6 is 0 Å². The number of pyridine rings is 2. The molecule has 4 rings (SSSR count). The highest BCUT2D eigenvalue weighted by atomic mass is 19.4. The first-order valence-corrected chi connectivity index (χ1v) is 8.97. The Morgan fingerprint density at radius 3 is 2.31 bits per heavy atom. The van der Waals surface area contributed by atoms with Crippen LogP contribution in [0.1, 0.15) is 5.56 Å². The number of morpholine rings is 1. The average Bonchev–Trinajstić information content (AvgIpc) is 2.66. The van der Waals surface area contributed by atoms with Crippen LogP contribution in [0, 0.1) is 0 Å². The molecule has 2 aliphatic heterocycles. The Hall–Kier alpha value is -2.69. The number of alkyl halides is 5. The molecule has 2 aromatic rings. The zero-order valence-electron chi connectivity index (χ0n) is 15.2. The van der Waals surface area contributed by atoms with Crippen LogP contribution in [0.2, 0.25) is 0 Å². The Kier molecular flexibility index (Phi) is 4.93. The maximum Gasteiger partial charge on any atom is 0.417 e. The van der Waals surface area contributed by atoms with E-state index in [9.17, 15) is 22.0 Å². The highest BCUT2D eigenvalue weighted by Gasteiger charge is 2.44. The van der Waals surface area contributed by atoms with Gasteiger partial charge in [-0.25, -0.2) is 18.7 Å². The van der Waals surface area contributed by atoms with Crippen LogP contribution in [0.5, 0.6) is 0 Å². The molecule has 2 aliphatic rings. The van der Waals surface area contributed by atoms with Gasteiger partial charge >= 0.3 is 6.18 Å². The average molecular weight is 415 g/mol. The van der Waals surface area contributed by atoms with Gasteiger partial charge in [-0.05, 0) is 12.1 Å². The summed E-state index contributed by atoms with van der Waals surface area (Å²) < 4.78 is 70.0. The van der Waals surface area contributed by atoms with Gasteiger partial charge in [-0.3, -0.25) is 0 Å². The molecule has 0 aliphatic carbocycles. The minimum Gasteiger partial charge on any atom is -0.378 e. The second-order valence-corrected chi connectivity index (χ2v) is 6.94. The molecule has 0 bridgehead atoms. The number of nitrogens with zero attached hydrogens (tertiary/aromatic N) is 4. The van der Waals surface area contributed by atoms with Crippen molar-refractivity contribution in [2.24, 2.45) is 0 Å². The molecule has 11 heteroatoms. The van der Waals surface area contributed by atoms with Crippen molar-refractivity contribution in [2.75, 3.05) is 54.5 Å². The molecule has 2 aromatic heterocycles. The van der Waals surface area contributed by atoms with Crippen molar-refractivity contribution in [1.82, 2.24) is 9.97 Å². The van der Waals surface area contributed by atoms with E-state index in [1.807, 2.05) is 4.90 Å². The molecule has 0 atom stereocenters. The smallest absolute Gasteiger partial charge is 0.378 e. The summed E-state index contributed by atoms with van der Waals surface area (Å²) in [5.41, 5.74) is -0.302. The summed E-state index contributed by atoms with van der Waals surface area (Å²) in [6.07, 6.45) is -3.75. The van der Waals surface area contributed by atoms with Crippen molar-refractivity contribution in [3.8, 4) is 0 Å². The van der Waals surface area contributed by atoms with Gasteiger partial charge in [-0.15, -0.1) is 0 Å². The third-order valence-electron chi connectivity index (χ3n) is 4.69. The first-order chi connectivity index (χ1) is 13.7. The Morgan fingerprint density at radius 2 is 1.72 bits per heavy atom. The minimum atomic E-state index is -4.48. The van der Waals surface area contributed by atoms with Gasteiger partial charge in [0.25, 0.3) is 5.92 Å². The summed E-state index contributed by atoms with van der Waals surface area (Å²) in [6.45, 7) is 1.47. The number of aromatic nitrogens is 2. The van der Waals surface area contributed by atoms with Crippen molar-refractivity contribution >= 4 is 23.1 Å². The van der Waals surface area contributed by atoms with Crippen LogP contribution in [0.15, 0.2) is 30.5 Å². The Labute approximate surface area is 163 Å². The van der Waals surface area contributed by atoms with Gasteiger partial charge in [0.15, 0.2) is 0 Å². The fourth-order valence-corrected chi connectivity index (χ4v) is 3.16. The zero-order chi connectivity index (χ0) is 20.6. The number of ether oxygens (including phenoxy) is 1. The van der Waals surface area contributed by atoms with E-state index in [1.54, 1.807) is 12.1 Å². The molecular formula is C18H18F5N5O. The Bertz CT molecular complexity index is 860. The van der Waals surface area contributed by atoms with Crippen LogP contribution in [-0.2, 0) is 10.9 Å². The highest BCUT2D eigenvalue weighted by molar-refractivity contribution is 5.66. The largest absolute Gasteiger partial charge is 0.417 e. The van der Waals surface area contributed by atoms with Gasteiger partial charge in [0, 0.05) is 37.1 Å². The second kappa shape index (κ2) is 7.29. The lowest BCUT2D eigenvalue weighted by Gasteiger charge is -2.41. The van der Waals surface area contributed by atoms with Crippen molar-refractivity contribution in [1.29, 1.82) is 0 Å². The van der Waals surface area contributed by atoms with E-state index in [-0.39, 0.29) is 5.82 Å². The van der Waals surface area contributed by atoms with E-state index in [0.29, 0.717) is 43.6 Å². The fourth-order valence-electron chi connectivity index (χ4n) is 3.16. The molecule has 0 radical (unpaired) electrons. The van der Waals surface area contributed by atoms with Crippen molar-refractivity contribution in [3.05, 3.63) is 36.0 Å². The molecule has 0 amide bonds. The molecule has 4 heterocycles. The zero-order valence-corrected chi connectivity index (χ0v) is 15.2. The van der Waals surface area contributed by atoms with Gasteiger partial charge < -0.3 is 19.9 Å². The maximum atomic E-state index is 13.3. The Morgan fingerprint density at radius 1 is 1.00 bits per heavy atom. The summed E-state index contributed by atoms with van der Waals surface area (Å²) in [5.74, 6) is -1.67. The predicted octanol–water partition coefficient (Wildman–Crippen LogP) is 3.53. The molecule has 156 valence electrons. The molecule has 6 nitrogen and oxygen atoms in total. The summed E-state index contributed by atoms with van der Waals surface area (Å²) in [5, 5.41) is 2.86. The third-order valence-corrected chi connectivity index (χ3v) is 4.69. The minimum absolute atomic E-state index is 0.171. The normalized spacial score (nSPS) is 19.1. The molecule has 2 saturated heterocycles. The lowest BCUT2D eigenvalue weighted by atomic mass is 10.1. The number of nitrogens with one attached hydrogen (secondary N) is 1. The van der Waals surface area contributed by atoms with E-state index in [4.69, 9.17) is 4.74 Å². The van der Waals surface area contributed by atoms with E-state index >= 15 is 0 Å². The van der Waals surface area contributed by atoms with Crippen LogP contribution in [0.3, 0.4) is 0 Å². The molecule has 0 spiro atoms. The monoisotopic (exact) mass is 415 g/mol. The van der Waals surface area contributed by atoms with Crippen LogP contribution in [0.4, 0.5) is 45.1 Å². The SMILES string of the molecule is FC1(F)CN(c2cc(Nc3ccc(C(F)(F)F)cn3)nc(N3CCOCC3)c2)C1. The van der Waals surface area contributed by atoms with E-state index < -0.39 is 30.8 Å². The lowest BCUT2D eigenvalue weighted by Crippen LogP contribution is -2.56. The Balaban J connectivity index is 1.59. The third kappa shape index (κ3) is 4.50. The van der Waals surface area contributed by atoms with E-state index in [2.05, 4.69) is 15.3 Å². The van der Waals surface area contributed by atoms with Crippen molar-refractivity contribution in [3.63, 3.8) is 0 Å². The van der Waals surface area contributed by atoms with Crippen LogP contribution in [0.25, 0.3) is 0 Å².